The van der Waals surface area contributed by atoms with Crippen LogP contribution in [0.1, 0.15) is 44.0 Å². The molecule has 1 N–H and O–H groups in total. The number of aromatic hydroxyl groups is 1. The monoisotopic (exact) mass is 338 g/mol. The molecule has 0 radical (unpaired) electrons. The van der Waals surface area contributed by atoms with Crippen LogP contribution in [0, 0.1) is 22.0 Å². The zero-order chi connectivity index (χ0) is 16.6. The minimum Gasteiger partial charge on any atom is -0.488 e. The first-order valence-corrected chi connectivity index (χ1v) is 8.53. The summed E-state index contributed by atoms with van der Waals surface area (Å²) in [4.78, 5) is 25.8. The fraction of sp³-hybridized carbons (Fsp3) is 0.643. The van der Waals surface area contributed by atoms with Crippen LogP contribution in [-0.2, 0) is 6.42 Å². The molecule has 1 saturated carbocycles. The number of fused-ring (bicyclic) bond motifs is 1. The van der Waals surface area contributed by atoms with Crippen LogP contribution in [0.25, 0.3) is 4.96 Å². The molecule has 23 heavy (non-hydrogen) atoms. The summed E-state index contributed by atoms with van der Waals surface area (Å²) in [6.07, 6.45) is 6.67. The molecule has 2 aromatic heterocycles. The molecule has 0 amide bonds. The molecule has 0 unspecified atom stereocenters. The topological polar surface area (TPSA) is 111 Å². The van der Waals surface area contributed by atoms with Gasteiger partial charge in [0.2, 0.25) is 4.96 Å². The summed E-state index contributed by atoms with van der Waals surface area (Å²) >= 11 is 1.19. The van der Waals surface area contributed by atoms with Crippen molar-refractivity contribution >= 4 is 22.0 Å². The van der Waals surface area contributed by atoms with Crippen molar-refractivity contribution in [2.75, 3.05) is 0 Å². The largest absolute Gasteiger partial charge is 0.488 e. The summed E-state index contributed by atoms with van der Waals surface area (Å²) in [5.74, 6) is 0.627. The van der Waals surface area contributed by atoms with Crippen LogP contribution in [-0.4, -0.2) is 24.6 Å². The van der Waals surface area contributed by atoms with Crippen molar-refractivity contribution in [3.63, 3.8) is 0 Å². The molecule has 3 rings (SSSR count). The van der Waals surface area contributed by atoms with Crippen molar-refractivity contribution in [3.8, 4) is 5.88 Å². The van der Waals surface area contributed by atoms with Gasteiger partial charge >= 0.3 is 17.1 Å². The lowest BCUT2D eigenvalue weighted by Crippen LogP contribution is -2.18. The summed E-state index contributed by atoms with van der Waals surface area (Å²) in [7, 11) is 0. The third kappa shape index (κ3) is 3.19. The van der Waals surface area contributed by atoms with Crippen molar-refractivity contribution < 1.29 is 10.0 Å². The van der Waals surface area contributed by atoms with Crippen molar-refractivity contribution in [1.82, 2.24) is 14.6 Å². The van der Waals surface area contributed by atoms with E-state index in [1.165, 1.54) is 37.0 Å². The van der Waals surface area contributed by atoms with Gasteiger partial charge in [-0.15, -0.1) is 0 Å². The van der Waals surface area contributed by atoms with Gasteiger partial charge in [0.1, 0.15) is 5.01 Å². The number of hydrogen-bond acceptors (Lipinski definition) is 7. The lowest BCUT2D eigenvalue weighted by atomic mass is 9.81. The molecular weight excluding hydrogens is 320 g/mol. The Morgan fingerprint density at radius 1 is 1.39 bits per heavy atom. The second-order valence-electron chi connectivity index (χ2n) is 6.20. The molecule has 1 fully saturated rings. The lowest BCUT2D eigenvalue weighted by molar-refractivity contribution is -0.387. The maximum absolute atomic E-state index is 12.0. The summed E-state index contributed by atoms with van der Waals surface area (Å²) < 4.78 is 0.917. The normalized spacial score (nSPS) is 21.6. The second kappa shape index (κ2) is 6.23. The van der Waals surface area contributed by atoms with E-state index in [1.807, 2.05) is 0 Å². The Kier molecular flexibility index (Phi) is 4.29. The van der Waals surface area contributed by atoms with Gasteiger partial charge in [-0.2, -0.15) is 14.6 Å². The first-order chi connectivity index (χ1) is 11.0. The molecule has 1 aliphatic rings. The average Bonchev–Trinajstić information content (AvgIpc) is 2.89. The zero-order valence-electron chi connectivity index (χ0n) is 12.8. The number of nitro groups is 1. The Bertz CT molecular complexity index is 792. The van der Waals surface area contributed by atoms with Gasteiger partial charge in [-0.3, -0.25) is 14.9 Å². The van der Waals surface area contributed by atoms with E-state index in [2.05, 4.69) is 17.0 Å². The number of aromatic nitrogens is 3. The number of hydrogen-bond donors (Lipinski definition) is 1. The van der Waals surface area contributed by atoms with Gasteiger partial charge in [-0.05, 0) is 18.3 Å². The van der Waals surface area contributed by atoms with Gasteiger partial charge in [-0.1, -0.05) is 43.9 Å². The second-order valence-corrected chi connectivity index (χ2v) is 7.24. The van der Waals surface area contributed by atoms with Gasteiger partial charge in [-0.25, -0.2) is 0 Å². The van der Waals surface area contributed by atoms with E-state index in [9.17, 15) is 20.0 Å². The molecule has 0 aliphatic heterocycles. The SMILES string of the molecule is CC1CCC(CCc2nn3c(=O)c([N+](=O)[O-])c(O)nc3s2)CC1. The number of nitrogens with zero attached hydrogens (tertiary/aromatic N) is 4. The van der Waals surface area contributed by atoms with Gasteiger partial charge in [0.25, 0.3) is 0 Å². The Morgan fingerprint density at radius 2 is 2.09 bits per heavy atom. The van der Waals surface area contributed by atoms with E-state index in [0.29, 0.717) is 10.9 Å². The zero-order valence-corrected chi connectivity index (χ0v) is 13.6. The minimum absolute atomic E-state index is 0.186. The highest BCUT2D eigenvalue weighted by atomic mass is 32.1. The maximum Gasteiger partial charge on any atom is 0.397 e. The molecule has 0 aromatic carbocycles. The first-order valence-electron chi connectivity index (χ1n) is 7.71. The van der Waals surface area contributed by atoms with E-state index in [4.69, 9.17) is 0 Å². The van der Waals surface area contributed by atoms with E-state index in [-0.39, 0.29) is 4.96 Å². The van der Waals surface area contributed by atoms with Crippen LogP contribution >= 0.6 is 11.3 Å². The molecule has 9 heteroatoms. The van der Waals surface area contributed by atoms with E-state index in [1.54, 1.807) is 0 Å². The number of rotatable bonds is 4. The predicted molar refractivity (Wildman–Crippen MR) is 84.9 cm³/mol. The van der Waals surface area contributed by atoms with Crippen molar-refractivity contribution in [1.29, 1.82) is 0 Å². The molecule has 124 valence electrons. The Hall–Kier alpha value is -2.03. The average molecular weight is 338 g/mol. The smallest absolute Gasteiger partial charge is 0.397 e. The summed E-state index contributed by atoms with van der Waals surface area (Å²) in [6, 6.07) is 0. The highest BCUT2D eigenvalue weighted by molar-refractivity contribution is 7.16. The van der Waals surface area contributed by atoms with Crippen LogP contribution in [0.15, 0.2) is 4.79 Å². The van der Waals surface area contributed by atoms with E-state index < -0.39 is 22.0 Å². The minimum atomic E-state index is -0.938. The quantitative estimate of drug-likeness (QED) is 0.677. The van der Waals surface area contributed by atoms with Gasteiger partial charge in [0, 0.05) is 6.42 Å². The van der Waals surface area contributed by atoms with Crippen molar-refractivity contribution in [2.45, 2.75) is 45.4 Å². The molecule has 2 heterocycles. The van der Waals surface area contributed by atoms with Gasteiger partial charge < -0.3 is 5.11 Å². The van der Waals surface area contributed by atoms with Crippen LogP contribution < -0.4 is 5.56 Å². The predicted octanol–water partition coefficient (Wildman–Crippen LogP) is 2.52. The summed E-state index contributed by atoms with van der Waals surface area (Å²) in [6.45, 7) is 2.28. The lowest BCUT2D eigenvalue weighted by Gasteiger charge is -2.25. The van der Waals surface area contributed by atoms with Crippen LogP contribution in [0.4, 0.5) is 5.69 Å². The molecule has 1 aliphatic carbocycles. The Labute approximate surface area is 135 Å². The summed E-state index contributed by atoms with van der Waals surface area (Å²) in [5, 5.41) is 25.2. The van der Waals surface area contributed by atoms with Gasteiger partial charge in [0.05, 0.1) is 4.92 Å². The van der Waals surface area contributed by atoms with Crippen LogP contribution in [0.5, 0.6) is 5.88 Å². The third-order valence-corrected chi connectivity index (χ3v) is 5.46. The Balaban J connectivity index is 1.79. The fourth-order valence-corrected chi connectivity index (χ4v) is 3.97. The van der Waals surface area contributed by atoms with E-state index >= 15 is 0 Å². The maximum atomic E-state index is 12.0. The van der Waals surface area contributed by atoms with E-state index in [0.717, 1.165) is 23.3 Å². The summed E-state index contributed by atoms with van der Waals surface area (Å²) in [5.41, 5.74) is -1.87. The number of aryl methyl sites for hydroxylation is 1. The highest BCUT2D eigenvalue weighted by Crippen LogP contribution is 2.31. The Morgan fingerprint density at radius 3 is 2.74 bits per heavy atom. The van der Waals surface area contributed by atoms with Crippen molar-refractivity contribution in [2.24, 2.45) is 11.8 Å². The highest BCUT2D eigenvalue weighted by Gasteiger charge is 2.25. The van der Waals surface area contributed by atoms with Crippen LogP contribution in [0.2, 0.25) is 0 Å². The first kappa shape index (κ1) is 15.9. The molecule has 8 nitrogen and oxygen atoms in total. The van der Waals surface area contributed by atoms with Gasteiger partial charge in [0.15, 0.2) is 0 Å². The third-order valence-electron chi connectivity index (χ3n) is 4.49. The molecule has 2 aromatic rings. The van der Waals surface area contributed by atoms with Crippen LogP contribution in [0.3, 0.4) is 0 Å². The standard InChI is InChI=1S/C14H18N4O4S/c1-8-2-4-9(5-3-8)6-7-10-16-17-13(20)11(18(21)22)12(19)15-14(17)23-10/h8-9,19H,2-7H2,1H3. The molecular formula is C14H18N4O4S. The molecule has 0 saturated heterocycles. The van der Waals surface area contributed by atoms with Crippen molar-refractivity contribution in [3.05, 3.63) is 25.5 Å². The molecule has 0 spiro atoms. The fourth-order valence-electron chi connectivity index (χ4n) is 3.07. The molecule has 0 atom stereocenters. The molecule has 0 bridgehead atoms.